The lowest BCUT2D eigenvalue weighted by Crippen LogP contribution is -2.31. The van der Waals surface area contributed by atoms with Gasteiger partial charge in [0, 0.05) is 41.3 Å². The normalized spacial score (nSPS) is 13.9. The van der Waals surface area contributed by atoms with E-state index in [4.69, 9.17) is 0 Å². The van der Waals surface area contributed by atoms with Crippen molar-refractivity contribution in [1.29, 1.82) is 0 Å². The average Bonchev–Trinajstić information content (AvgIpc) is 3.32. The third-order valence-electron chi connectivity index (χ3n) is 6.35. The van der Waals surface area contributed by atoms with Crippen molar-refractivity contribution in [2.75, 3.05) is 37.8 Å². The molecule has 0 atom stereocenters. The fourth-order valence-electron chi connectivity index (χ4n) is 4.34. The molecule has 0 spiro atoms. The van der Waals surface area contributed by atoms with Crippen molar-refractivity contribution < 1.29 is 27.6 Å². The standard InChI is InChI=1S/C28H28F3N5O3/c1-15-22(33-16(2)24(15)27(39)32-10-11-36(3)4)14-21-20-9-8-19(13-23(20)35-26(21)38)34-25(37)17-6-5-7-18(12-17)28(29,30)31/h5-9,12-14,33H,10-11H2,1-4H3,(H,32,39)(H,34,37)(H,35,38). The number of aromatic amines is 1. The Morgan fingerprint density at radius 3 is 2.49 bits per heavy atom. The van der Waals surface area contributed by atoms with Crippen molar-refractivity contribution in [2.24, 2.45) is 0 Å². The van der Waals surface area contributed by atoms with Crippen LogP contribution >= 0.6 is 0 Å². The largest absolute Gasteiger partial charge is 0.416 e. The van der Waals surface area contributed by atoms with Gasteiger partial charge in [0.05, 0.1) is 22.4 Å². The lowest BCUT2D eigenvalue weighted by molar-refractivity contribution is -0.137. The summed E-state index contributed by atoms with van der Waals surface area (Å²) in [7, 11) is 3.84. The van der Waals surface area contributed by atoms with Gasteiger partial charge >= 0.3 is 6.18 Å². The van der Waals surface area contributed by atoms with Crippen LogP contribution in [-0.4, -0.2) is 54.8 Å². The quantitative estimate of drug-likeness (QED) is 0.327. The molecule has 8 nitrogen and oxygen atoms in total. The highest BCUT2D eigenvalue weighted by molar-refractivity contribution is 6.35. The van der Waals surface area contributed by atoms with E-state index < -0.39 is 17.6 Å². The van der Waals surface area contributed by atoms with Gasteiger partial charge in [0.2, 0.25) is 0 Å². The first-order valence-electron chi connectivity index (χ1n) is 12.1. The Kier molecular flexibility index (Phi) is 7.64. The summed E-state index contributed by atoms with van der Waals surface area (Å²) in [4.78, 5) is 43.2. The van der Waals surface area contributed by atoms with Crippen LogP contribution in [0, 0.1) is 13.8 Å². The van der Waals surface area contributed by atoms with Crippen molar-refractivity contribution in [2.45, 2.75) is 20.0 Å². The predicted octanol–water partition coefficient (Wildman–Crippen LogP) is 4.69. The van der Waals surface area contributed by atoms with E-state index in [1.54, 1.807) is 32.1 Å². The van der Waals surface area contributed by atoms with Gasteiger partial charge in [-0.15, -0.1) is 0 Å². The highest BCUT2D eigenvalue weighted by Crippen LogP contribution is 2.36. The number of nitrogens with one attached hydrogen (secondary N) is 4. The predicted molar refractivity (Wildman–Crippen MR) is 143 cm³/mol. The minimum atomic E-state index is -4.57. The fraction of sp³-hybridized carbons (Fsp3) is 0.250. The number of amides is 3. The summed E-state index contributed by atoms with van der Waals surface area (Å²) in [5.74, 6) is -1.28. The van der Waals surface area contributed by atoms with Gasteiger partial charge in [-0.25, -0.2) is 0 Å². The Labute approximate surface area is 223 Å². The Morgan fingerprint density at radius 1 is 1.05 bits per heavy atom. The van der Waals surface area contributed by atoms with E-state index in [-0.39, 0.29) is 17.4 Å². The summed E-state index contributed by atoms with van der Waals surface area (Å²) >= 11 is 0. The van der Waals surface area contributed by atoms with E-state index in [9.17, 15) is 27.6 Å². The molecular weight excluding hydrogens is 511 g/mol. The second-order valence-corrected chi connectivity index (χ2v) is 9.53. The zero-order chi connectivity index (χ0) is 28.5. The molecule has 204 valence electrons. The number of anilines is 2. The summed E-state index contributed by atoms with van der Waals surface area (Å²) in [5, 5.41) is 8.21. The van der Waals surface area contributed by atoms with Gasteiger partial charge in [-0.05, 0) is 69.9 Å². The van der Waals surface area contributed by atoms with Crippen LogP contribution < -0.4 is 16.0 Å². The number of rotatable bonds is 7. The van der Waals surface area contributed by atoms with Crippen LogP contribution in [0.15, 0.2) is 42.5 Å². The first kappa shape index (κ1) is 27.6. The van der Waals surface area contributed by atoms with Gasteiger partial charge in [-0.1, -0.05) is 12.1 Å². The molecule has 3 aromatic rings. The van der Waals surface area contributed by atoms with Crippen LogP contribution in [0.25, 0.3) is 11.6 Å². The summed E-state index contributed by atoms with van der Waals surface area (Å²) in [6.45, 7) is 4.79. The highest BCUT2D eigenvalue weighted by Gasteiger charge is 2.31. The van der Waals surface area contributed by atoms with Crippen LogP contribution in [0.5, 0.6) is 0 Å². The van der Waals surface area contributed by atoms with Crippen LogP contribution in [0.2, 0.25) is 0 Å². The highest BCUT2D eigenvalue weighted by atomic mass is 19.4. The van der Waals surface area contributed by atoms with Gasteiger partial charge in [-0.3, -0.25) is 14.4 Å². The molecule has 4 N–H and O–H groups in total. The van der Waals surface area contributed by atoms with E-state index in [1.807, 2.05) is 19.0 Å². The van der Waals surface area contributed by atoms with Gasteiger partial charge in [0.1, 0.15) is 0 Å². The number of H-pyrrole nitrogens is 1. The van der Waals surface area contributed by atoms with Gasteiger partial charge in [-0.2, -0.15) is 13.2 Å². The molecule has 0 unspecified atom stereocenters. The number of carbonyl (C=O) groups excluding carboxylic acids is 3. The molecule has 0 aliphatic carbocycles. The minimum absolute atomic E-state index is 0.144. The third kappa shape index (κ3) is 6.04. The molecule has 3 amide bonds. The lowest BCUT2D eigenvalue weighted by atomic mass is 10.0. The molecule has 1 aliphatic heterocycles. The Balaban J connectivity index is 1.55. The number of aryl methyl sites for hydroxylation is 1. The van der Waals surface area contributed by atoms with Crippen molar-refractivity contribution >= 4 is 40.7 Å². The second kappa shape index (κ2) is 10.8. The van der Waals surface area contributed by atoms with E-state index in [2.05, 4.69) is 20.9 Å². The Hall–Kier alpha value is -4.38. The number of aromatic nitrogens is 1. The first-order valence-corrected chi connectivity index (χ1v) is 12.1. The molecule has 0 saturated heterocycles. The maximum absolute atomic E-state index is 13.0. The molecule has 0 radical (unpaired) electrons. The molecule has 1 aliphatic rings. The smallest absolute Gasteiger partial charge is 0.358 e. The molecule has 0 bridgehead atoms. The van der Waals surface area contributed by atoms with Gasteiger partial charge < -0.3 is 25.8 Å². The van der Waals surface area contributed by atoms with E-state index in [0.29, 0.717) is 58.1 Å². The molecule has 0 fully saturated rings. The zero-order valence-corrected chi connectivity index (χ0v) is 21.8. The molecule has 11 heteroatoms. The maximum Gasteiger partial charge on any atom is 0.416 e. The number of benzene rings is 2. The Morgan fingerprint density at radius 2 is 1.79 bits per heavy atom. The lowest BCUT2D eigenvalue weighted by Gasteiger charge is -2.10. The maximum atomic E-state index is 13.0. The minimum Gasteiger partial charge on any atom is -0.358 e. The number of hydrogen-bond donors (Lipinski definition) is 4. The van der Waals surface area contributed by atoms with E-state index in [0.717, 1.165) is 12.1 Å². The number of likely N-dealkylation sites (N-methyl/N-ethyl adjacent to an activating group) is 1. The SMILES string of the molecule is Cc1[nH]c(C=C2C(=O)Nc3cc(NC(=O)c4cccc(C(F)(F)F)c4)ccc32)c(C)c1C(=O)NCCN(C)C. The molecule has 4 rings (SSSR count). The van der Waals surface area contributed by atoms with E-state index >= 15 is 0 Å². The summed E-state index contributed by atoms with van der Waals surface area (Å²) in [6.07, 6.45) is -2.90. The van der Waals surface area contributed by atoms with Crippen molar-refractivity contribution in [3.05, 3.63) is 81.7 Å². The van der Waals surface area contributed by atoms with Crippen molar-refractivity contribution in [3.8, 4) is 0 Å². The molecule has 0 saturated carbocycles. The van der Waals surface area contributed by atoms with Crippen LogP contribution in [0.1, 0.15) is 48.8 Å². The molecule has 2 heterocycles. The topological polar surface area (TPSA) is 106 Å². The third-order valence-corrected chi connectivity index (χ3v) is 6.35. The number of nitrogens with zero attached hydrogens (tertiary/aromatic N) is 1. The molecule has 1 aromatic heterocycles. The number of fused-ring (bicyclic) bond motifs is 1. The Bertz CT molecular complexity index is 1490. The molecular formula is C28H28F3N5O3. The van der Waals surface area contributed by atoms with Crippen molar-refractivity contribution in [3.63, 3.8) is 0 Å². The number of halogens is 3. The second-order valence-electron chi connectivity index (χ2n) is 9.53. The average molecular weight is 540 g/mol. The van der Waals surface area contributed by atoms with Gasteiger partial charge in [0.15, 0.2) is 0 Å². The number of alkyl halides is 3. The van der Waals surface area contributed by atoms with Crippen LogP contribution in [0.4, 0.5) is 24.5 Å². The van der Waals surface area contributed by atoms with E-state index in [1.165, 1.54) is 18.2 Å². The van der Waals surface area contributed by atoms with Crippen molar-refractivity contribution in [1.82, 2.24) is 15.2 Å². The summed E-state index contributed by atoms with van der Waals surface area (Å²) in [5.41, 5.74) is 3.14. The molecule has 39 heavy (non-hydrogen) atoms. The summed E-state index contributed by atoms with van der Waals surface area (Å²) < 4.78 is 39.0. The van der Waals surface area contributed by atoms with Gasteiger partial charge in [0.25, 0.3) is 17.7 Å². The monoisotopic (exact) mass is 539 g/mol. The zero-order valence-electron chi connectivity index (χ0n) is 21.8. The van der Waals surface area contributed by atoms with Crippen LogP contribution in [-0.2, 0) is 11.0 Å². The first-order chi connectivity index (χ1) is 18.3. The molecule has 2 aromatic carbocycles. The number of carbonyl (C=O) groups is 3. The fourth-order valence-corrected chi connectivity index (χ4v) is 4.34. The number of hydrogen-bond acceptors (Lipinski definition) is 4. The summed E-state index contributed by atoms with van der Waals surface area (Å²) in [6, 6.07) is 8.87. The van der Waals surface area contributed by atoms with Crippen LogP contribution in [0.3, 0.4) is 0 Å².